The molecular formula is C13H27NO2. The first-order valence-corrected chi connectivity index (χ1v) is 6.72. The Morgan fingerprint density at radius 2 is 1.94 bits per heavy atom. The third-order valence-electron chi connectivity index (χ3n) is 3.24. The van der Waals surface area contributed by atoms with Crippen molar-refractivity contribution in [1.29, 1.82) is 0 Å². The Bertz CT molecular complexity index is 164. The Balaban J connectivity index is 2.26. The summed E-state index contributed by atoms with van der Waals surface area (Å²) in [5.41, 5.74) is 0. The highest BCUT2D eigenvalue weighted by Gasteiger charge is 2.23. The van der Waals surface area contributed by atoms with E-state index in [1.54, 1.807) is 7.11 Å². The molecule has 1 rings (SSSR count). The van der Waals surface area contributed by atoms with Gasteiger partial charge in [-0.15, -0.1) is 0 Å². The fourth-order valence-corrected chi connectivity index (χ4v) is 2.41. The second-order valence-electron chi connectivity index (χ2n) is 4.56. The van der Waals surface area contributed by atoms with Crippen molar-refractivity contribution in [3.63, 3.8) is 0 Å². The molecule has 0 amide bonds. The minimum absolute atomic E-state index is 0.416. The van der Waals surface area contributed by atoms with Crippen LogP contribution in [0.3, 0.4) is 0 Å². The number of rotatable bonds is 7. The van der Waals surface area contributed by atoms with E-state index in [0.717, 1.165) is 26.2 Å². The third kappa shape index (κ3) is 5.28. The smallest absolute Gasteiger partial charge is 0.0728 e. The topological polar surface area (TPSA) is 30.5 Å². The van der Waals surface area contributed by atoms with E-state index in [4.69, 9.17) is 9.47 Å². The van der Waals surface area contributed by atoms with E-state index in [1.807, 2.05) is 0 Å². The van der Waals surface area contributed by atoms with Gasteiger partial charge in [-0.05, 0) is 25.8 Å². The lowest BCUT2D eigenvalue weighted by Crippen LogP contribution is -2.40. The number of nitrogens with one attached hydrogen (secondary N) is 1. The van der Waals surface area contributed by atoms with E-state index in [9.17, 15) is 0 Å². The molecular weight excluding hydrogens is 202 g/mol. The summed E-state index contributed by atoms with van der Waals surface area (Å²) in [6, 6.07) is 0.565. The maximum atomic E-state index is 5.99. The molecule has 2 atom stereocenters. The fraction of sp³-hybridized carbons (Fsp3) is 1.00. The van der Waals surface area contributed by atoms with Crippen LogP contribution in [0, 0.1) is 0 Å². The molecule has 0 aliphatic heterocycles. The van der Waals surface area contributed by atoms with Crippen LogP contribution >= 0.6 is 0 Å². The molecule has 0 aromatic rings. The molecule has 1 N–H and O–H groups in total. The average molecular weight is 229 g/mol. The van der Waals surface area contributed by atoms with Gasteiger partial charge in [0.2, 0.25) is 0 Å². The van der Waals surface area contributed by atoms with E-state index in [0.29, 0.717) is 12.1 Å². The second-order valence-corrected chi connectivity index (χ2v) is 4.56. The van der Waals surface area contributed by atoms with Crippen LogP contribution in [0.15, 0.2) is 0 Å². The van der Waals surface area contributed by atoms with Gasteiger partial charge in [-0.2, -0.15) is 0 Å². The molecule has 0 radical (unpaired) electrons. The van der Waals surface area contributed by atoms with Gasteiger partial charge in [0.25, 0.3) is 0 Å². The van der Waals surface area contributed by atoms with Gasteiger partial charge in [0.15, 0.2) is 0 Å². The van der Waals surface area contributed by atoms with Crippen LogP contribution in [-0.2, 0) is 9.47 Å². The van der Waals surface area contributed by atoms with Gasteiger partial charge in [-0.1, -0.05) is 26.2 Å². The number of likely N-dealkylation sites (N-methyl/N-ethyl adjacent to an activating group) is 1. The maximum absolute atomic E-state index is 5.99. The summed E-state index contributed by atoms with van der Waals surface area (Å²) < 4.78 is 11.0. The molecule has 0 saturated heterocycles. The van der Waals surface area contributed by atoms with E-state index in [2.05, 4.69) is 12.2 Å². The minimum atomic E-state index is 0.416. The molecule has 0 bridgehead atoms. The molecule has 16 heavy (non-hydrogen) atoms. The summed E-state index contributed by atoms with van der Waals surface area (Å²) in [6.07, 6.45) is 7.92. The van der Waals surface area contributed by atoms with Gasteiger partial charge in [0.1, 0.15) is 0 Å². The first kappa shape index (κ1) is 13.9. The number of methoxy groups -OCH3 is 1. The first-order valence-electron chi connectivity index (χ1n) is 6.72. The molecule has 1 aliphatic carbocycles. The highest BCUT2D eigenvalue weighted by atomic mass is 16.5. The van der Waals surface area contributed by atoms with Crippen molar-refractivity contribution >= 4 is 0 Å². The third-order valence-corrected chi connectivity index (χ3v) is 3.24. The molecule has 2 unspecified atom stereocenters. The van der Waals surface area contributed by atoms with Crippen molar-refractivity contribution in [2.75, 3.05) is 26.9 Å². The van der Waals surface area contributed by atoms with E-state index in [-0.39, 0.29) is 0 Å². The maximum Gasteiger partial charge on any atom is 0.0728 e. The first-order chi connectivity index (χ1) is 7.88. The SMILES string of the molecule is CCNC1CCCCCC1OCCCOC. The number of ether oxygens (including phenoxy) is 2. The monoisotopic (exact) mass is 229 g/mol. The molecule has 3 nitrogen and oxygen atoms in total. The molecule has 0 heterocycles. The summed E-state index contributed by atoms with van der Waals surface area (Å²) in [5.74, 6) is 0. The Labute approximate surface area is 99.9 Å². The van der Waals surface area contributed by atoms with Crippen molar-refractivity contribution in [1.82, 2.24) is 5.32 Å². The predicted octanol–water partition coefficient (Wildman–Crippen LogP) is 2.35. The van der Waals surface area contributed by atoms with Crippen LogP contribution in [0.2, 0.25) is 0 Å². The standard InChI is InChI=1S/C13H27NO2/c1-3-14-12-8-5-4-6-9-13(12)16-11-7-10-15-2/h12-14H,3-11H2,1-2H3. The Morgan fingerprint density at radius 1 is 1.12 bits per heavy atom. The van der Waals surface area contributed by atoms with Crippen molar-refractivity contribution in [2.24, 2.45) is 0 Å². The van der Waals surface area contributed by atoms with Gasteiger partial charge < -0.3 is 14.8 Å². The molecule has 0 aromatic heterocycles. The number of hydrogen-bond donors (Lipinski definition) is 1. The quantitative estimate of drug-likeness (QED) is 0.537. The van der Waals surface area contributed by atoms with Crippen LogP contribution in [0.4, 0.5) is 0 Å². The van der Waals surface area contributed by atoms with Gasteiger partial charge >= 0.3 is 0 Å². The van der Waals surface area contributed by atoms with Gasteiger partial charge in [0.05, 0.1) is 6.10 Å². The highest BCUT2D eigenvalue weighted by Crippen LogP contribution is 2.20. The normalized spacial score (nSPS) is 26.6. The largest absolute Gasteiger partial charge is 0.385 e. The molecule has 0 aromatic carbocycles. The molecule has 96 valence electrons. The molecule has 1 aliphatic rings. The summed E-state index contributed by atoms with van der Waals surface area (Å²) >= 11 is 0. The summed E-state index contributed by atoms with van der Waals surface area (Å²) in [5, 5.41) is 3.56. The highest BCUT2D eigenvalue weighted by molar-refractivity contribution is 4.79. The fourth-order valence-electron chi connectivity index (χ4n) is 2.41. The Hall–Kier alpha value is -0.120. The average Bonchev–Trinajstić information content (AvgIpc) is 2.51. The van der Waals surface area contributed by atoms with Crippen LogP contribution in [0.25, 0.3) is 0 Å². The van der Waals surface area contributed by atoms with Gasteiger partial charge in [-0.25, -0.2) is 0 Å². The van der Waals surface area contributed by atoms with E-state index in [1.165, 1.54) is 32.1 Å². The zero-order valence-electron chi connectivity index (χ0n) is 10.8. The Kier molecular flexibility index (Phi) is 7.81. The molecule has 1 saturated carbocycles. The lowest BCUT2D eigenvalue weighted by Gasteiger charge is -2.26. The molecule has 0 spiro atoms. The summed E-state index contributed by atoms with van der Waals surface area (Å²) in [6.45, 7) is 4.86. The predicted molar refractivity (Wildman–Crippen MR) is 66.8 cm³/mol. The van der Waals surface area contributed by atoms with Gasteiger partial charge in [-0.3, -0.25) is 0 Å². The Morgan fingerprint density at radius 3 is 2.69 bits per heavy atom. The van der Waals surface area contributed by atoms with Crippen LogP contribution in [-0.4, -0.2) is 39.0 Å². The van der Waals surface area contributed by atoms with Crippen molar-refractivity contribution < 1.29 is 9.47 Å². The summed E-state index contributed by atoms with van der Waals surface area (Å²) in [4.78, 5) is 0. The lowest BCUT2D eigenvalue weighted by molar-refractivity contribution is 0.0129. The van der Waals surface area contributed by atoms with Crippen molar-refractivity contribution in [3.8, 4) is 0 Å². The van der Waals surface area contributed by atoms with Crippen LogP contribution in [0.1, 0.15) is 45.4 Å². The van der Waals surface area contributed by atoms with Crippen LogP contribution in [0.5, 0.6) is 0 Å². The lowest BCUT2D eigenvalue weighted by atomic mass is 10.1. The van der Waals surface area contributed by atoms with E-state index >= 15 is 0 Å². The number of hydrogen-bond acceptors (Lipinski definition) is 3. The van der Waals surface area contributed by atoms with Crippen molar-refractivity contribution in [2.45, 2.75) is 57.6 Å². The second kappa shape index (κ2) is 8.97. The zero-order valence-corrected chi connectivity index (χ0v) is 10.8. The molecule has 1 fully saturated rings. The van der Waals surface area contributed by atoms with Gasteiger partial charge in [0, 0.05) is 26.4 Å². The minimum Gasteiger partial charge on any atom is -0.385 e. The molecule has 3 heteroatoms. The zero-order chi connectivity index (χ0) is 11.6. The summed E-state index contributed by atoms with van der Waals surface area (Å²) in [7, 11) is 1.74. The van der Waals surface area contributed by atoms with Crippen molar-refractivity contribution in [3.05, 3.63) is 0 Å². The van der Waals surface area contributed by atoms with Crippen LogP contribution < -0.4 is 5.32 Å². The van der Waals surface area contributed by atoms with E-state index < -0.39 is 0 Å².